The van der Waals surface area contributed by atoms with E-state index in [2.05, 4.69) is 11.7 Å². The van der Waals surface area contributed by atoms with Gasteiger partial charge in [-0.2, -0.15) is 13.2 Å². The van der Waals surface area contributed by atoms with E-state index in [9.17, 15) is 18.0 Å². The van der Waals surface area contributed by atoms with Crippen molar-refractivity contribution in [3.05, 3.63) is 0 Å². The van der Waals surface area contributed by atoms with Crippen LogP contribution in [0.3, 0.4) is 0 Å². The largest absolute Gasteiger partial charge is 0.490 e. The summed E-state index contributed by atoms with van der Waals surface area (Å²) in [6.45, 7) is 1.99. The Morgan fingerprint density at radius 2 is 1.50 bits per heavy atom. The molecule has 0 rings (SSSR count). The molecule has 0 atom stereocenters. The minimum absolute atomic E-state index is 0.133. The molecule has 0 fully saturated rings. The summed E-state index contributed by atoms with van der Waals surface area (Å²) in [7, 11) is 0. The lowest BCUT2D eigenvalue weighted by Crippen LogP contribution is -2.25. The van der Waals surface area contributed by atoms with Gasteiger partial charge in [-0.3, -0.25) is 0 Å². The zero-order valence-electron chi connectivity index (χ0n) is 9.61. The number of unbranched alkanes of at least 4 members (excludes halogenated alkanes) is 6. The van der Waals surface area contributed by atoms with Crippen molar-refractivity contribution < 1.29 is 22.7 Å². The lowest BCUT2D eigenvalue weighted by atomic mass is 10.1. The number of carbonyl (C=O) groups excluding carboxylic acids is 1. The molecule has 0 aliphatic rings. The van der Waals surface area contributed by atoms with Gasteiger partial charge in [0.25, 0.3) is 0 Å². The standard InChI is InChI=1S/C11H19F3O2/c1-2-3-4-5-6-7-8-9-16-10(15)11(12,13)14/h2-9H2,1H3. The molecule has 0 unspecified atom stereocenters. The van der Waals surface area contributed by atoms with Gasteiger partial charge >= 0.3 is 12.1 Å². The number of rotatable bonds is 8. The average Bonchev–Trinajstić information content (AvgIpc) is 2.20. The molecule has 0 saturated heterocycles. The lowest BCUT2D eigenvalue weighted by molar-refractivity contribution is -0.199. The summed E-state index contributed by atoms with van der Waals surface area (Å²) in [6.07, 6.45) is 2.08. The van der Waals surface area contributed by atoms with Crippen LogP contribution in [-0.2, 0) is 9.53 Å². The maximum absolute atomic E-state index is 11.7. The summed E-state index contributed by atoms with van der Waals surface area (Å²) in [6, 6.07) is 0. The first-order valence-corrected chi connectivity index (χ1v) is 5.72. The number of halogens is 3. The molecule has 16 heavy (non-hydrogen) atoms. The summed E-state index contributed by atoms with van der Waals surface area (Å²) in [5.41, 5.74) is 0. The summed E-state index contributed by atoms with van der Waals surface area (Å²) in [4.78, 5) is 10.3. The van der Waals surface area contributed by atoms with E-state index in [0.29, 0.717) is 6.42 Å². The first-order valence-electron chi connectivity index (χ1n) is 5.72. The van der Waals surface area contributed by atoms with Crippen molar-refractivity contribution in [3.63, 3.8) is 0 Å². The lowest BCUT2D eigenvalue weighted by Gasteiger charge is -2.06. The summed E-state index contributed by atoms with van der Waals surface area (Å²) in [5.74, 6) is -2.08. The van der Waals surface area contributed by atoms with E-state index in [1.807, 2.05) is 0 Å². The Balaban J connectivity index is 3.25. The van der Waals surface area contributed by atoms with Crippen molar-refractivity contribution in [3.8, 4) is 0 Å². The van der Waals surface area contributed by atoms with Crippen molar-refractivity contribution >= 4 is 5.97 Å². The number of alkyl halides is 3. The number of hydrogen-bond acceptors (Lipinski definition) is 2. The van der Waals surface area contributed by atoms with Gasteiger partial charge in [-0.1, -0.05) is 45.4 Å². The van der Waals surface area contributed by atoms with Gasteiger partial charge in [0.15, 0.2) is 0 Å². The number of carbonyl (C=O) groups is 1. The molecular weight excluding hydrogens is 221 g/mol. The molecule has 0 bridgehead atoms. The molecule has 0 aromatic heterocycles. The van der Waals surface area contributed by atoms with Crippen molar-refractivity contribution in [2.75, 3.05) is 6.61 Å². The molecule has 96 valence electrons. The number of hydrogen-bond donors (Lipinski definition) is 0. The summed E-state index contributed by atoms with van der Waals surface area (Å²) >= 11 is 0. The second-order valence-electron chi connectivity index (χ2n) is 3.75. The smallest absolute Gasteiger partial charge is 0.459 e. The van der Waals surface area contributed by atoms with Gasteiger partial charge in [-0.25, -0.2) is 4.79 Å². The van der Waals surface area contributed by atoms with Crippen molar-refractivity contribution in [1.29, 1.82) is 0 Å². The average molecular weight is 240 g/mol. The van der Waals surface area contributed by atoms with Crippen LogP contribution < -0.4 is 0 Å². The molecule has 0 radical (unpaired) electrons. The van der Waals surface area contributed by atoms with Gasteiger partial charge in [0.2, 0.25) is 0 Å². The van der Waals surface area contributed by atoms with Crippen LogP contribution in [0.15, 0.2) is 0 Å². The highest BCUT2D eigenvalue weighted by atomic mass is 19.4. The third-order valence-corrected chi connectivity index (χ3v) is 2.21. The SMILES string of the molecule is CCCCCCCCCOC(=O)C(F)(F)F. The molecule has 0 aromatic rings. The molecule has 0 aliphatic carbocycles. The van der Waals surface area contributed by atoms with E-state index in [1.165, 1.54) is 19.3 Å². The molecular formula is C11H19F3O2. The van der Waals surface area contributed by atoms with Gasteiger partial charge in [-0.05, 0) is 6.42 Å². The Morgan fingerprint density at radius 3 is 2.00 bits per heavy atom. The van der Waals surface area contributed by atoms with E-state index in [-0.39, 0.29) is 6.61 Å². The molecule has 2 nitrogen and oxygen atoms in total. The van der Waals surface area contributed by atoms with Crippen LogP contribution in [-0.4, -0.2) is 18.8 Å². The van der Waals surface area contributed by atoms with Gasteiger partial charge < -0.3 is 4.74 Å². The van der Waals surface area contributed by atoms with Crippen molar-refractivity contribution in [2.45, 2.75) is 58.0 Å². The highest BCUT2D eigenvalue weighted by molar-refractivity contribution is 5.75. The molecule has 0 amide bonds. The molecule has 0 heterocycles. The number of ether oxygens (including phenoxy) is 1. The van der Waals surface area contributed by atoms with Gasteiger partial charge in [0.1, 0.15) is 0 Å². The monoisotopic (exact) mass is 240 g/mol. The van der Waals surface area contributed by atoms with Gasteiger partial charge in [0.05, 0.1) is 6.61 Å². The predicted octanol–water partition coefficient (Wildman–Crippen LogP) is 3.84. The fraction of sp³-hybridized carbons (Fsp3) is 0.909. The van der Waals surface area contributed by atoms with E-state index >= 15 is 0 Å². The fourth-order valence-electron chi connectivity index (χ4n) is 1.31. The Kier molecular flexibility index (Phi) is 8.03. The Bertz CT molecular complexity index is 190. The molecule has 0 aromatic carbocycles. The fourth-order valence-corrected chi connectivity index (χ4v) is 1.31. The predicted molar refractivity (Wildman–Crippen MR) is 55.0 cm³/mol. The van der Waals surface area contributed by atoms with Crippen LogP contribution in [0.1, 0.15) is 51.9 Å². The Hall–Kier alpha value is -0.740. The Labute approximate surface area is 94.2 Å². The molecule has 5 heteroatoms. The van der Waals surface area contributed by atoms with Crippen molar-refractivity contribution in [1.82, 2.24) is 0 Å². The topological polar surface area (TPSA) is 26.3 Å². The van der Waals surface area contributed by atoms with Gasteiger partial charge in [-0.15, -0.1) is 0 Å². The first kappa shape index (κ1) is 15.3. The van der Waals surface area contributed by atoms with E-state index in [4.69, 9.17) is 0 Å². The third kappa shape index (κ3) is 8.56. The zero-order chi connectivity index (χ0) is 12.4. The maximum Gasteiger partial charge on any atom is 0.490 e. The van der Waals surface area contributed by atoms with E-state index in [1.54, 1.807) is 0 Å². The van der Waals surface area contributed by atoms with E-state index in [0.717, 1.165) is 19.3 Å². The zero-order valence-corrected chi connectivity index (χ0v) is 9.61. The van der Waals surface area contributed by atoms with Crippen LogP contribution in [0.25, 0.3) is 0 Å². The molecule has 0 aliphatic heterocycles. The minimum Gasteiger partial charge on any atom is -0.459 e. The van der Waals surface area contributed by atoms with Crippen LogP contribution in [0.4, 0.5) is 13.2 Å². The van der Waals surface area contributed by atoms with Gasteiger partial charge in [0, 0.05) is 0 Å². The quantitative estimate of drug-likeness (QED) is 0.476. The Morgan fingerprint density at radius 1 is 1.00 bits per heavy atom. The highest BCUT2D eigenvalue weighted by Gasteiger charge is 2.40. The van der Waals surface area contributed by atoms with Crippen LogP contribution in [0, 0.1) is 0 Å². The minimum atomic E-state index is -4.86. The van der Waals surface area contributed by atoms with Crippen LogP contribution in [0.2, 0.25) is 0 Å². The van der Waals surface area contributed by atoms with Crippen LogP contribution >= 0.6 is 0 Å². The molecule has 0 saturated carbocycles. The first-order chi connectivity index (χ1) is 7.48. The summed E-state index contributed by atoms with van der Waals surface area (Å²) < 4.78 is 39.1. The second kappa shape index (κ2) is 8.42. The summed E-state index contributed by atoms with van der Waals surface area (Å²) in [5, 5.41) is 0. The third-order valence-electron chi connectivity index (χ3n) is 2.21. The highest BCUT2D eigenvalue weighted by Crippen LogP contribution is 2.16. The van der Waals surface area contributed by atoms with E-state index < -0.39 is 12.1 Å². The molecule has 0 spiro atoms. The molecule has 0 N–H and O–H groups in total. The normalized spacial score (nSPS) is 11.5. The second-order valence-corrected chi connectivity index (χ2v) is 3.75. The van der Waals surface area contributed by atoms with Crippen LogP contribution in [0.5, 0.6) is 0 Å². The maximum atomic E-state index is 11.7. The van der Waals surface area contributed by atoms with Crippen molar-refractivity contribution in [2.24, 2.45) is 0 Å². The number of esters is 1.